The third-order valence-electron chi connectivity index (χ3n) is 7.03. The van der Waals surface area contributed by atoms with Crippen molar-refractivity contribution < 1.29 is 39.6 Å². The second-order valence-electron chi connectivity index (χ2n) is 10.8. The maximum absolute atomic E-state index is 10.6. The van der Waals surface area contributed by atoms with Gasteiger partial charge < -0.3 is 39.6 Å². The van der Waals surface area contributed by atoms with Gasteiger partial charge in [0.05, 0.1) is 23.9 Å². The molecule has 0 aliphatic carbocycles. The van der Waals surface area contributed by atoms with Crippen LogP contribution in [0.25, 0.3) is 0 Å². The van der Waals surface area contributed by atoms with Crippen molar-refractivity contribution in [2.75, 3.05) is 0 Å². The van der Waals surface area contributed by atoms with Gasteiger partial charge in [0.25, 0.3) is 0 Å². The van der Waals surface area contributed by atoms with E-state index >= 15 is 0 Å². The summed E-state index contributed by atoms with van der Waals surface area (Å²) in [5, 5.41) is 42.3. The van der Waals surface area contributed by atoms with Gasteiger partial charge in [0.15, 0.2) is 0 Å². The zero-order valence-corrected chi connectivity index (χ0v) is 32.5. The fraction of sp³-hybridized carbons (Fsp3) is 0.300. The van der Waals surface area contributed by atoms with E-state index in [2.05, 4.69) is 0 Å². The van der Waals surface area contributed by atoms with Crippen LogP contribution in [0.1, 0.15) is 117 Å². The Morgan fingerprint density at radius 1 is 0.367 bits per heavy atom. The minimum atomic E-state index is -1.08. The van der Waals surface area contributed by atoms with Gasteiger partial charge in [-0.25, -0.2) is 0 Å². The topological polar surface area (TPSA) is 161 Å². The molecule has 4 aromatic carbocycles. The standard InChI is InChI=1S/4C10H12O2.Pb/c4*1-2-5-8-6-3-4-7-9(8)10(11)12;/h4*3-4,6-7H,2,5H2,1H3,(H,11,12);/p-4. The van der Waals surface area contributed by atoms with Crippen molar-refractivity contribution in [2.45, 2.75) is 79.1 Å². The van der Waals surface area contributed by atoms with Crippen LogP contribution in [0.2, 0.25) is 0 Å². The van der Waals surface area contributed by atoms with Crippen LogP contribution in [0.15, 0.2) is 97.1 Å². The SMILES string of the molecule is CCCc1ccccc1C(=O)[O-].CCCc1ccccc1C(=O)[O-].CCCc1ccccc1C(=O)[O-].CCCc1ccccc1C(=O)[O-].[Pb]. The summed E-state index contributed by atoms with van der Waals surface area (Å²) in [7, 11) is 0. The molecule has 0 spiro atoms. The smallest absolute Gasteiger partial charge is 0.0718 e. The van der Waals surface area contributed by atoms with Gasteiger partial charge in [-0.05, 0) is 47.9 Å². The number of carbonyl (C=O) groups is 4. The molecule has 49 heavy (non-hydrogen) atoms. The molecule has 9 heteroatoms. The monoisotopic (exact) mass is 860 g/mol. The van der Waals surface area contributed by atoms with Crippen LogP contribution in [0.5, 0.6) is 0 Å². The molecule has 8 nitrogen and oxygen atoms in total. The Morgan fingerprint density at radius 3 is 0.673 bits per heavy atom. The molecule has 4 radical (unpaired) electrons. The molecule has 0 N–H and O–H groups in total. The zero-order chi connectivity index (χ0) is 35.9. The van der Waals surface area contributed by atoms with E-state index in [1.807, 2.05) is 76.2 Å². The average Bonchev–Trinajstić information content (AvgIpc) is 3.07. The van der Waals surface area contributed by atoms with Crippen LogP contribution < -0.4 is 20.4 Å². The van der Waals surface area contributed by atoms with Crippen LogP contribution in [-0.4, -0.2) is 51.2 Å². The van der Waals surface area contributed by atoms with Crippen molar-refractivity contribution in [3.63, 3.8) is 0 Å². The van der Waals surface area contributed by atoms with Crippen molar-refractivity contribution in [1.82, 2.24) is 0 Å². The van der Waals surface area contributed by atoms with Gasteiger partial charge in [0.1, 0.15) is 0 Å². The number of rotatable bonds is 12. The number of aryl methyl sites for hydroxylation is 4. The summed E-state index contributed by atoms with van der Waals surface area (Å²) in [5.74, 6) is -4.34. The van der Waals surface area contributed by atoms with Gasteiger partial charge >= 0.3 is 0 Å². The fourth-order valence-corrected chi connectivity index (χ4v) is 4.83. The summed E-state index contributed by atoms with van der Waals surface area (Å²) < 4.78 is 0. The van der Waals surface area contributed by atoms with Gasteiger partial charge in [0, 0.05) is 49.6 Å². The van der Waals surface area contributed by atoms with E-state index in [4.69, 9.17) is 0 Å². The minimum absolute atomic E-state index is 0. The first-order valence-corrected chi connectivity index (χ1v) is 16.2. The zero-order valence-electron chi connectivity index (χ0n) is 28.7. The molecule has 0 bridgehead atoms. The first-order valence-electron chi connectivity index (χ1n) is 16.2. The first-order chi connectivity index (χ1) is 23.0. The number of carbonyl (C=O) groups excluding carboxylic acids is 4. The van der Waals surface area contributed by atoms with E-state index in [-0.39, 0.29) is 27.3 Å². The van der Waals surface area contributed by atoms with E-state index in [0.29, 0.717) is 22.3 Å². The molecule has 0 fully saturated rings. The Balaban J connectivity index is 0.000000623. The van der Waals surface area contributed by atoms with E-state index in [0.717, 1.165) is 73.6 Å². The van der Waals surface area contributed by atoms with Crippen molar-refractivity contribution in [3.05, 3.63) is 142 Å². The number of carboxylic acid groups (broad SMARTS) is 4. The molecule has 0 aliphatic rings. The second-order valence-corrected chi connectivity index (χ2v) is 10.8. The van der Waals surface area contributed by atoms with E-state index in [1.54, 1.807) is 48.5 Å². The predicted molar refractivity (Wildman–Crippen MR) is 185 cm³/mol. The molecule has 0 aliphatic heterocycles. The normalized spacial score (nSPS) is 9.55. The van der Waals surface area contributed by atoms with Crippen molar-refractivity contribution in [3.8, 4) is 0 Å². The summed E-state index contributed by atoms with van der Waals surface area (Å²) >= 11 is 0. The van der Waals surface area contributed by atoms with Crippen LogP contribution in [-0.2, 0) is 25.7 Å². The van der Waals surface area contributed by atoms with Crippen molar-refractivity contribution in [2.24, 2.45) is 0 Å². The summed E-state index contributed by atoms with van der Waals surface area (Å²) in [6.07, 6.45) is 6.98. The molecule has 4 aromatic rings. The quantitative estimate of drug-likeness (QED) is 0.196. The van der Waals surface area contributed by atoms with Gasteiger partial charge in [-0.1, -0.05) is 150 Å². The van der Waals surface area contributed by atoms with Crippen molar-refractivity contribution in [1.29, 1.82) is 0 Å². The summed E-state index contributed by atoms with van der Waals surface area (Å²) in [4.78, 5) is 42.3. The fourth-order valence-electron chi connectivity index (χ4n) is 4.83. The number of hydrogen-bond acceptors (Lipinski definition) is 8. The van der Waals surface area contributed by atoms with Crippen molar-refractivity contribution >= 4 is 51.2 Å². The Morgan fingerprint density at radius 2 is 0.531 bits per heavy atom. The average molecular weight is 860 g/mol. The molecule has 0 heterocycles. The molecule has 0 amide bonds. The first kappa shape index (κ1) is 44.7. The number of benzene rings is 4. The molecule has 0 aromatic heterocycles. The van der Waals surface area contributed by atoms with Crippen LogP contribution in [0, 0.1) is 0 Å². The van der Waals surface area contributed by atoms with Crippen LogP contribution >= 0.6 is 0 Å². The molecule has 4 rings (SSSR count). The Hall–Kier alpha value is -4.32. The predicted octanol–water partition coefficient (Wildman–Crippen LogP) is 3.63. The molecule has 0 saturated carbocycles. The molecule has 0 saturated heterocycles. The Kier molecular flexibility index (Phi) is 23.4. The molecular formula is C40H44O8Pb-4. The van der Waals surface area contributed by atoms with Gasteiger partial charge in [-0.15, -0.1) is 0 Å². The second kappa shape index (κ2) is 25.7. The summed E-state index contributed by atoms with van der Waals surface area (Å²) in [6.45, 7) is 8.08. The number of aromatic carboxylic acids is 4. The Labute approximate surface area is 310 Å². The van der Waals surface area contributed by atoms with Crippen LogP contribution in [0.3, 0.4) is 0 Å². The number of carboxylic acids is 4. The largest absolute Gasteiger partial charge is 0.545 e. The maximum Gasteiger partial charge on any atom is 0.0718 e. The third kappa shape index (κ3) is 16.6. The van der Waals surface area contributed by atoms with Gasteiger partial charge in [0.2, 0.25) is 0 Å². The van der Waals surface area contributed by atoms with E-state index in [1.165, 1.54) is 0 Å². The number of hydrogen-bond donors (Lipinski definition) is 0. The molecule has 260 valence electrons. The maximum atomic E-state index is 10.6. The van der Waals surface area contributed by atoms with Gasteiger partial charge in [-0.3, -0.25) is 0 Å². The van der Waals surface area contributed by atoms with E-state index < -0.39 is 23.9 Å². The molecule has 0 unspecified atom stereocenters. The third-order valence-corrected chi connectivity index (χ3v) is 7.03. The summed E-state index contributed by atoms with van der Waals surface area (Å²) in [6, 6.07) is 27.9. The van der Waals surface area contributed by atoms with E-state index in [9.17, 15) is 39.6 Å². The molecule has 0 atom stereocenters. The molecular weight excluding hydrogens is 816 g/mol. The summed E-state index contributed by atoms with van der Waals surface area (Å²) in [5.41, 5.74) is 4.72. The minimum Gasteiger partial charge on any atom is -0.545 e. The van der Waals surface area contributed by atoms with Crippen LogP contribution in [0.4, 0.5) is 0 Å². The van der Waals surface area contributed by atoms with Gasteiger partial charge in [-0.2, -0.15) is 0 Å². The Bertz CT molecular complexity index is 1360.